The molecule has 3 rings (SSSR count). The van der Waals surface area contributed by atoms with Gasteiger partial charge in [-0.2, -0.15) is 0 Å². The topological polar surface area (TPSA) is 66.4 Å². The van der Waals surface area contributed by atoms with E-state index in [0.29, 0.717) is 31.9 Å². The minimum atomic E-state index is -3.36. The van der Waals surface area contributed by atoms with E-state index in [-0.39, 0.29) is 12.3 Å². The molecule has 3 aromatic rings. The Morgan fingerprint density at radius 3 is 2.67 bits per heavy atom. The summed E-state index contributed by atoms with van der Waals surface area (Å²) in [6.45, 7) is 0.0145. The van der Waals surface area contributed by atoms with Gasteiger partial charge < -0.3 is 9.15 Å². The summed E-state index contributed by atoms with van der Waals surface area (Å²) in [7, 11) is 1.10. The Morgan fingerprint density at radius 2 is 2.00 bits per heavy atom. The molecule has 0 N–H and O–H groups in total. The Labute approximate surface area is 150 Å². The first-order valence-corrected chi connectivity index (χ1v) is 7.68. The third kappa shape index (κ3) is 3.21. The van der Waals surface area contributed by atoms with Crippen LogP contribution < -0.4 is 16.0 Å². The quantitative estimate of drug-likeness (QED) is 0.640. The van der Waals surface area contributed by atoms with Crippen molar-refractivity contribution >= 4 is 11.0 Å². The molecule has 0 radical (unpaired) electrons. The van der Waals surface area contributed by atoms with E-state index < -0.39 is 29.5 Å². The zero-order valence-corrected chi connectivity index (χ0v) is 14.0. The van der Waals surface area contributed by atoms with Gasteiger partial charge in [-0.25, -0.2) is 22.5 Å². The van der Waals surface area contributed by atoms with Gasteiger partial charge in [-0.05, 0) is 18.2 Å². The number of alkyl halides is 3. The predicted octanol–water partition coefficient (Wildman–Crippen LogP) is 2.57. The monoisotopic (exact) mass is 378 g/mol. The van der Waals surface area contributed by atoms with Crippen molar-refractivity contribution in [3.63, 3.8) is 0 Å². The Hall–Kier alpha value is -3.41. The molecule has 0 spiro atoms. The van der Waals surface area contributed by atoms with Crippen molar-refractivity contribution < 1.29 is 22.3 Å². The number of aromatic nitrogens is 2. The van der Waals surface area contributed by atoms with Gasteiger partial charge in [0.15, 0.2) is 0 Å². The zero-order chi connectivity index (χ0) is 19.7. The average Bonchev–Trinajstić information content (AvgIpc) is 3.05. The highest BCUT2D eigenvalue weighted by Gasteiger charge is 2.26. The van der Waals surface area contributed by atoms with Gasteiger partial charge in [-0.3, -0.25) is 9.36 Å². The maximum absolute atomic E-state index is 13.7. The summed E-state index contributed by atoms with van der Waals surface area (Å²) < 4.78 is 51.0. The normalized spacial score (nSPS) is 12.3. The second kappa shape index (κ2) is 7.07. The van der Waals surface area contributed by atoms with Crippen molar-refractivity contribution in [2.75, 3.05) is 6.61 Å². The number of hydrogen-bond donors (Lipinski definition) is 0. The molecular formula is C18H13F3N2O4. The molecule has 0 bridgehead atoms. The second-order valence-corrected chi connectivity index (χ2v) is 5.59. The number of furan rings is 1. The molecular weight excluding hydrogens is 365 g/mol. The first kappa shape index (κ1) is 18.4. The maximum Gasteiger partial charge on any atom is 0.335 e. The van der Waals surface area contributed by atoms with E-state index >= 15 is 0 Å². The van der Waals surface area contributed by atoms with E-state index in [0.717, 1.165) is 13.3 Å². The van der Waals surface area contributed by atoms with Gasteiger partial charge in [0.2, 0.25) is 6.17 Å². The lowest BCUT2D eigenvalue weighted by molar-refractivity contribution is 0.0449. The standard InChI is InChI=1S/C18H13F3N2O4/c1-3-6-26-10-4-5-14-11(7-10)13(9-27-14)23-15(24)8-12(16(19)17(20)21)22(2)18(23)25/h1,4-5,7-9,16-17H,6H2,2H3. The Kier molecular flexibility index (Phi) is 4.81. The van der Waals surface area contributed by atoms with Gasteiger partial charge in [0, 0.05) is 18.5 Å². The van der Waals surface area contributed by atoms with E-state index in [1.165, 1.54) is 6.07 Å². The van der Waals surface area contributed by atoms with E-state index in [1.807, 2.05) is 0 Å². The molecule has 0 saturated heterocycles. The lowest BCUT2D eigenvalue weighted by atomic mass is 10.2. The van der Waals surface area contributed by atoms with Crippen LogP contribution in [0.1, 0.15) is 11.9 Å². The summed E-state index contributed by atoms with van der Waals surface area (Å²) in [5, 5.41) is 0.363. The van der Waals surface area contributed by atoms with Crippen LogP contribution in [-0.4, -0.2) is 22.2 Å². The maximum atomic E-state index is 13.7. The number of benzene rings is 1. The summed E-state index contributed by atoms with van der Waals surface area (Å²) in [5.41, 5.74) is -2.23. The third-order valence-corrected chi connectivity index (χ3v) is 3.95. The van der Waals surface area contributed by atoms with Crippen molar-refractivity contribution in [3.8, 4) is 23.8 Å². The van der Waals surface area contributed by atoms with Crippen LogP contribution in [0.5, 0.6) is 5.75 Å². The molecule has 0 aliphatic rings. The third-order valence-electron chi connectivity index (χ3n) is 3.95. The number of halogens is 3. The minimum absolute atomic E-state index is 0.0145. The molecule has 1 atom stereocenters. The van der Waals surface area contributed by atoms with Crippen molar-refractivity contribution in [3.05, 3.63) is 57.1 Å². The van der Waals surface area contributed by atoms with Crippen LogP contribution in [0.25, 0.3) is 16.7 Å². The fraction of sp³-hybridized carbons (Fsp3) is 0.222. The van der Waals surface area contributed by atoms with Crippen molar-refractivity contribution in [1.29, 1.82) is 0 Å². The van der Waals surface area contributed by atoms with Gasteiger partial charge in [-0.1, -0.05) is 5.92 Å². The van der Waals surface area contributed by atoms with Crippen LogP contribution in [0.2, 0.25) is 0 Å². The highest BCUT2D eigenvalue weighted by molar-refractivity contribution is 5.87. The van der Waals surface area contributed by atoms with E-state index in [1.54, 1.807) is 12.1 Å². The van der Waals surface area contributed by atoms with E-state index in [9.17, 15) is 22.8 Å². The summed E-state index contributed by atoms with van der Waals surface area (Å²) in [6, 6.07) is 5.33. The van der Waals surface area contributed by atoms with Gasteiger partial charge in [0.25, 0.3) is 12.0 Å². The molecule has 2 aromatic heterocycles. The SMILES string of the molecule is C#CCOc1ccc2occ(-n3c(=O)cc(C(F)C(F)F)n(C)c3=O)c2c1. The first-order chi connectivity index (χ1) is 12.8. The van der Waals surface area contributed by atoms with Crippen LogP contribution in [0.4, 0.5) is 13.2 Å². The van der Waals surface area contributed by atoms with Crippen LogP contribution in [0, 0.1) is 12.3 Å². The Morgan fingerprint density at radius 1 is 1.26 bits per heavy atom. The number of fused-ring (bicyclic) bond motifs is 1. The van der Waals surface area contributed by atoms with Gasteiger partial charge in [0.1, 0.15) is 29.9 Å². The molecule has 9 heteroatoms. The smallest absolute Gasteiger partial charge is 0.335 e. The largest absolute Gasteiger partial charge is 0.481 e. The van der Waals surface area contributed by atoms with Crippen molar-refractivity contribution in [2.45, 2.75) is 12.6 Å². The van der Waals surface area contributed by atoms with E-state index in [4.69, 9.17) is 15.6 Å². The number of rotatable bonds is 5. The number of hydrogen-bond acceptors (Lipinski definition) is 4. The summed E-state index contributed by atoms with van der Waals surface area (Å²) in [5.74, 6) is 2.69. The van der Waals surface area contributed by atoms with Crippen LogP contribution in [0.15, 0.2) is 44.5 Å². The highest BCUT2D eigenvalue weighted by atomic mass is 19.3. The van der Waals surface area contributed by atoms with Crippen LogP contribution >= 0.6 is 0 Å². The molecule has 27 heavy (non-hydrogen) atoms. The van der Waals surface area contributed by atoms with E-state index in [2.05, 4.69) is 5.92 Å². The molecule has 140 valence electrons. The van der Waals surface area contributed by atoms with Crippen molar-refractivity contribution in [2.24, 2.45) is 7.05 Å². The molecule has 6 nitrogen and oxygen atoms in total. The van der Waals surface area contributed by atoms with Gasteiger partial charge >= 0.3 is 5.69 Å². The predicted molar refractivity (Wildman–Crippen MR) is 91.2 cm³/mol. The average molecular weight is 378 g/mol. The van der Waals surface area contributed by atoms with Gasteiger partial charge in [0.05, 0.1) is 5.69 Å². The molecule has 0 fully saturated rings. The van der Waals surface area contributed by atoms with Crippen LogP contribution in [0.3, 0.4) is 0 Å². The molecule has 0 amide bonds. The Balaban J connectivity index is 2.20. The molecule has 2 heterocycles. The van der Waals surface area contributed by atoms with Gasteiger partial charge in [-0.15, -0.1) is 6.42 Å². The lowest BCUT2D eigenvalue weighted by Crippen LogP contribution is -2.39. The first-order valence-electron chi connectivity index (χ1n) is 7.68. The fourth-order valence-corrected chi connectivity index (χ4v) is 2.64. The fourth-order valence-electron chi connectivity index (χ4n) is 2.64. The molecule has 0 aliphatic carbocycles. The molecule has 0 saturated carbocycles. The lowest BCUT2D eigenvalue weighted by Gasteiger charge is -2.13. The molecule has 1 aromatic carbocycles. The molecule has 0 aliphatic heterocycles. The summed E-state index contributed by atoms with van der Waals surface area (Å²) in [4.78, 5) is 24.9. The number of nitrogens with zero attached hydrogens (tertiary/aromatic N) is 2. The highest BCUT2D eigenvalue weighted by Crippen LogP contribution is 2.28. The number of terminal acetylenes is 1. The minimum Gasteiger partial charge on any atom is -0.481 e. The Bertz CT molecular complexity index is 1150. The van der Waals surface area contributed by atoms with Crippen LogP contribution in [-0.2, 0) is 7.05 Å². The van der Waals surface area contributed by atoms with Crippen molar-refractivity contribution in [1.82, 2.24) is 9.13 Å². The summed E-state index contributed by atoms with van der Waals surface area (Å²) in [6.07, 6.45) is 0.185. The second-order valence-electron chi connectivity index (χ2n) is 5.59. The number of ether oxygens (including phenoxy) is 1. The molecule has 1 unspecified atom stereocenters. The summed E-state index contributed by atoms with van der Waals surface area (Å²) >= 11 is 0. The zero-order valence-electron chi connectivity index (χ0n) is 14.0.